The Kier molecular flexibility index (Phi) is 4.01. The van der Waals surface area contributed by atoms with Crippen molar-refractivity contribution < 1.29 is 9.13 Å². The van der Waals surface area contributed by atoms with Gasteiger partial charge >= 0.3 is 0 Å². The molecule has 0 bridgehead atoms. The van der Waals surface area contributed by atoms with Crippen LogP contribution in [-0.2, 0) is 0 Å². The topological polar surface area (TPSA) is 9.23 Å². The van der Waals surface area contributed by atoms with Crippen molar-refractivity contribution in [3.05, 3.63) is 64.4 Å². The zero-order valence-electron chi connectivity index (χ0n) is 9.36. The third-order valence-electron chi connectivity index (χ3n) is 2.33. The van der Waals surface area contributed by atoms with E-state index in [1.54, 1.807) is 30.3 Å². The molecule has 0 N–H and O–H groups in total. The molecule has 0 saturated carbocycles. The van der Waals surface area contributed by atoms with Crippen LogP contribution in [0.4, 0.5) is 4.39 Å². The average molecular weight is 304 g/mol. The maximum absolute atomic E-state index is 13.2. The fourth-order valence-electron chi connectivity index (χ4n) is 1.49. The van der Waals surface area contributed by atoms with Gasteiger partial charge in [0.25, 0.3) is 0 Å². The lowest BCUT2D eigenvalue weighted by atomic mass is 10.1. The minimum Gasteiger partial charge on any atom is -0.473 e. The largest absolute Gasteiger partial charge is 0.473 e. The van der Waals surface area contributed by atoms with Crippen molar-refractivity contribution in [2.75, 3.05) is 0 Å². The molecule has 18 heavy (non-hydrogen) atoms. The number of benzene rings is 2. The summed E-state index contributed by atoms with van der Waals surface area (Å²) in [6.45, 7) is 0. The monoisotopic (exact) mass is 303 g/mol. The maximum atomic E-state index is 13.2. The van der Waals surface area contributed by atoms with Crippen molar-refractivity contribution in [3.8, 4) is 18.1 Å². The van der Waals surface area contributed by atoms with Crippen LogP contribution in [0.25, 0.3) is 0 Å². The zero-order chi connectivity index (χ0) is 13.0. The van der Waals surface area contributed by atoms with Gasteiger partial charge in [-0.3, -0.25) is 0 Å². The second-order valence-electron chi connectivity index (χ2n) is 3.57. The first-order valence-electron chi connectivity index (χ1n) is 5.24. The van der Waals surface area contributed by atoms with Gasteiger partial charge in [-0.05, 0) is 36.4 Å². The van der Waals surface area contributed by atoms with Crippen molar-refractivity contribution in [1.29, 1.82) is 0 Å². The van der Waals surface area contributed by atoms with Gasteiger partial charge in [0, 0.05) is 10.0 Å². The summed E-state index contributed by atoms with van der Waals surface area (Å²) in [6, 6.07) is 14.2. The Hall–Kier alpha value is -1.79. The van der Waals surface area contributed by atoms with Crippen molar-refractivity contribution in [2.24, 2.45) is 0 Å². The molecule has 0 aromatic heterocycles. The molecule has 0 fully saturated rings. The first-order chi connectivity index (χ1) is 8.70. The highest BCUT2D eigenvalue weighted by Gasteiger charge is 2.14. The van der Waals surface area contributed by atoms with E-state index in [1.807, 2.05) is 0 Å². The molecule has 0 aliphatic rings. The fraction of sp³-hybridized carbons (Fsp3) is 0.0667. The molecule has 0 aliphatic carbocycles. The van der Waals surface area contributed by atoms with E-state index < -0.39 is 6.10 Å². The number of rotatable bonds is 3. The van der Waals surface area contributed by atoms with Crippen molar-refractivity contribution in [2.45, 2.75) is 6.10 Å². The Morgan fingerprint density at radius 1 is 1.28 bits per heavy atom. The molecular weight excluding hydrogens is 295 g/mol. The normalized spacial score (nSPS) is 11.6. The van der Waals surface area contributed by atoms with E-state index in [-0.39, 0.29) is 5.82 Å². The lowest BCUT2D eigenvalue weighted by molar-refractivity contribution is 0.263. The van der Waals surface area contributed by atoms with Crippen LogP contribution in [0, 0.1) is 24.2 Å². The van der Waals surface area contributed by atoms with Gasteiger partial charge in [0.05, 0.1) is 0 Å². The number of terminal acetylenes is 1. The third-order valence-corrected chi connectivity index (χ3v) is 3.06. The van der Waals surface area contributed by atoms with Gasteiger partial charge in [0.2, 0.25) is 0 Å². The minimum atomic E-state index is -0.641. The summed E-state index contributed by atoms with van der Waals surface area (Å²) in [7, 11) is 0. The van der Waals surface area contributed by atoms with Crippen LogP contribution in [0.5, 0.6) is 5.75 Å². The predicted molar refractivity (Wildman–Crippen MR) is 71.6 cm³/mol. The van der Waals surface area contributed by atoms with E-state index in [2.05, 4.69) is 27.9 Å². The Balaban J connectivity index is 2.29. The Morgan fingerprint density at radius 2 is 2.00 bits per heavy atom. The molecule has 0 heterocycles. The van der Waals surface area contributed by atoms with Gasteiger partial charge in [-0.15, -0.1) is 6.42 Å². The highest BCUT2D eigenvalue weighted by Crippen LogP contribution is 2.28. The smallest absolute Gasteiger partial charge is 0.185 e. The summed E-state index contributed by atoms with van der Waals surface area (Å²) in [5.74, 6) is 2.78. The van der Waals surface area contributed by atoms with Gasteiger partial charge in [-0.1, -0.05) is 34.0 Å². The van der Waals surface area contributed by atoms with Gasteiger partial charge in [-0.25, -0.2) is 4.39 Å². The average Bonchev–Trinajstić information content (AvgIpc) is 2.40. The number of hydrogen-bond donors (Lipinski definition) is 0. The van der Waals surface area contributed by atoms with Gasteiger partial charge in [0.15, 0.2) is 6.10 Å². The van der Waals surface area contributed by atoms with Crippen LogP contribution < -0.4 is 4.74 Å². The summed E-state index contributed by atoms with van der Waals surface area (Å²) >= 11 is 3.34. The minimum absolute atomic E-state index is 0.349. The van der Waals surface area contributed by atoms with Crippen LogP contribution in [0.1, 0.15) is 11.7 Å². The molecule has 3 heteroatoms. The van der Waals surface area contributed by atoms with Crippen LogP contribution in [0.3, 0.4) is 0 Å². The number of halogens is 2. The van der Waals surface area contributed by atoms with E-state index in [0.717, 1.165) is 0 Å². The highest BCUT2D eigenvalue weighted by molar-refractivity contribution is 9.10. The van der Waals surface area contributed by atoms with E-state index in [1.165, 1.54) is 12.1 Å². The van der Waals surface area contributed by atoms with E-state index in [0.29, 0.717) is 15.8 Å². The molecule has 0 amide bonds. The van der Waals surface area contributed by atoms with Crippen molar-refractivity contribution in [1.82, 2.24) is 0 Å². The van der Waals surface area contributed by atoms with Gasteiger partial charge < -0.3 is 4.74 Å². The molecule has 0 saturated heterocycles. The summed E-state index contributed by atoms with van der Waals surface area (Å²) < 4.78 is 19.6. The third kappa shape index (κ3) is 2.91. The molecule has 2 rings (SSSR count). The molecular formula is C15H9BrFO. The summed E-state index contributed by atoms with van der Waals surface area (Å²) in [5, 5.41) is 0. The number of hydrogen-bond acceptors (Lipinski definition) is 1. The second-order valence-corrected chi connectivity index (χ2v) is 4.42. The molecule has 2 aromatic rings. The highest BCUT2D eigenvalue weighted by atomic mass is 79.9. The zero-order valence-corrected chi connectivity index (χ0v) is 10.9. The predicted octanol–water partition coefficient (Wildman–Crippen LogP) is 4.14. The summed E-state index contributed by atoms with van der Waals surface area (Å²) in [4.78, 5) is 0. The Morgan fingerprint density at radius 3 is 2.67 bits per heavy atom. The van der Waals surface area contributed by atoms with Gasteiger partial charge in [0.1, 0.15) is 11.6 Å². The van der Waals surface area contributed by atoms with Gasteiger partial charge in [-0.2, -0.15) is 0 Å². The molecule has 0 spiro atoms. The lowest BCUT2D eigenvalue weighted by Crippen LogP contribution is -2.06. The lowest BCUT2D eigenvalue weighted by Gasteiger charge is -2.15. The quantitative estimate of drug-likeness (QED) is 0.774. The standard InChI is InChI=1S/C15H9BrFO/c1-2-15(18-12-6-4-3-5-7-12)13-10-11(17)8-9-14(13)16/h1,4-10,15H. The first-order valence-corrected chi connectivity index (χ1v) is 6.04. The molecule has 1 radical (unpaired) electrons. The van der Waals surface area contributed by atoms with Crippen LogP contribution in [0.2, 0.25) is 0 Å². The fourth-order valence-corrected chi connectivity index (χ4v) is 1.94. The second kappa shape index (κ2) is 5.70. The SMILES string of the molecule is C#CC(Oc1cc[c]cc1)c1cc(F)ccc1Br. The molecule has 1 atom stereocenters. The molecule has 0 aliphatic heterocycles. The van der Waals surface area contributed by atoms with Crippen LogP contribution >= 0.6 is 15.9 Å². The molecule has 1 nitrogen and oxygen atoms in total. The molecule has 89 valence electrons. The van der Waals surface area contributed by atoms with Crippen molar-refractivity contribution in [3.63, 3.8) is 0 Å². The van der Waals surface area contributed by atoms with E-state index in [4.69, 9.17) is 11.2 Å². The first kappa shape index (κ1) is 12.7. The molecule has 2 aromatic carbocycles. The summed E-state index contributed by atoms with van der Waals surface area (Å²) in [5.41, 5.74) is 0.588. The summed E-state index contributed by atoms with van der Waals surface area (Å²) in [6.07, 6.45) is 4.80. The molecule has 1 unspecified atom stereocenters. The van der Waals surface area contributed by atoms with Crippen molar-refractivity contribution >= 4 is 15.9 Å². The maximum Gasteiger partial charge on any atom is 0.185 e. The van der Waals surface area contributed by atoms with E-state index in [9.17, 15) is 4.39 Å². The Labute approximate surface area is 114 Å². The Bertz CT molecular complexity index is 575. The van der Waals surface area contributed by atoms with E-state index >= 15 is 0 Å². The number of ether oxygens (including phenoxy) is 1. The van der Waals surface area contributed by atoms with Crippen LogP contribution in [-0.4, -0.2) is 0 Å². The van der Waals surface area contributed by atoms with Crippen LogP contribution in [0.15, 0.2) is 46.9 Å².